The standard InChI is InChI=1S/C20H24FN3O3/c1-14-9-22-10-15(2)24(14)20(25)27-12-16-7-8-19(23-11-16)26-13-17-5-3-4-6-18(17)21/h3-8,11,14-15,22H,9-10,12-13H2,1-2H3. The molecule has 0 aliphatic carbocycles. The van der Waals surface area contributed by atoms with Crippen molar-refractivity contribution in [2.45, 2.75) is 39.1 Å². The second-order valence-corrected chi connectivity index (χ2v) is 6.70. The van der Waals surface area contributed by atoms with E-state index in [0.29, 0.717) is 11.4 Å². The van der Waals surface area contributed by atoms with Gasteiger partial charge in [0.25, 0.3) is 0 Å². The largest absolute Gasteiger partial charge is 0.473 e. The maximum atomic E-state index is 13.6. The monoisotopic (exact) mass is 373 g/mol. The van der Waals surface area contributed by atoms with Gasteiger partial charge in [-0.25, -0.2) is 14.2 Å². The Morgan fingerprint density at radius 1 is 1.19 bits per heavy atom. The van der Waals surface area contributed by atoms with Gasteiger partial charge in [0.15, 0.2) is 0 Å². The van der Waals surface area contributed by atoms with Gasteiger partial charge in [-0.3, -0.25) is 0 Å². The minimum absolute atomic E-state index is 0.0912. The van der Waals surface area contributed by atoms with E-state index in [1.54, 1.807) is 41.4 Å². The Balaban J connectivity index is 1.50. The number of carbonyl (C=O) groups excluding carboxylic acids is 1. The van der Waals surface area contributed by atoms with E-state index in [9.17, 15) is 9.18 Å². The summed E-state index contributed by atoms with van der Waals surface area (Å²) in [5.74, 6) is 0.0788. The maximum absolute atomic E-state index is 13.6. The summed E-state index contributed by atoms with van der Waals surface area (Å²) in [6.07, 6.45) is 1.27. The third kappa shape index (κ3) is 4.95. The zero-order chi connectivity index (χ0) is 19.2. The number of amides is 1. The number of piperazine rings is 1. The number of hydrogen-bond acceptors (Lipinski definition) is 5. The minimum Gasteiger partial charge on any atom is -0.473 e. The van der Waals surface area contributed by atoms with Gasteiger partial charge in [0.05, 0.1) is 0 Å². The fourth-order valence-corrected chi connectivity index (χ4v) is 3.06. The van der Waals surface area contributed by atoms with Gasteiger partial charge in [-0.1, -0.05) is 18.2 Å². The summed E-state index contributed by atoms with van der Waals surface area (Å²) in [5, 5.41) is 3.28. The summed E-state index contributed by atoms with van der Waals surface area (Å²) < 4.78 is 24.5. The van der Waals surface area contributed by atoms with E-state index in [4.69, 9.17) is 9.47 Å². The molecule has 1 amide bonds. The van der Waals surface area contributed by atoms with Crippen molar-refractivity contribution in [2.75, 3.05) is 13.1 Å². The van der Waals surface area contributed by atoms with Crippen LogP contribution in [-0.4, -0.2) is 41.2 Å². The van der Waals surface area contributed by atoms with Crippen molar-refractivity contribution < 1.29 is 18.7 Å². The average Bonchev–Trinajstić information content (AvgIpc) is 2.66. The van der Waals surface area contributed by atoms with Crippen LogP contribution in [0.2, 0.25) is 0 Å². The Bertz CT molecular complexity index is 759. The lowest BCUT2D eigenvalue weighted by Gasteiger charge is -2.38. The molecule has 3 rings (SSSR count). The summed E-state index contributed by atoms with van der Waals surface area (Å²) in [6.45, 7) is 5.75. The highest BCUT2D eigenvalue weighted by molar-refractivity contribution is 5.68. The van der Waals surface area contributed by atoms with Crippen LogP contribution in [0.4, 0.5) is 9.18 Å². The molecule has 2 heterocycles. The third-order valence-electron chi connectivity index (χ3n) is 4.53. The number of carbonyl (C=O) groups is 1. The molecule has 6 nitrogen and oxygen atoms in total. The van der Waals surface area contributed by atoms with E-state index in [2.05, 4.69) is 10.3 Å². The Hall–Kier alpha value is -2.67. The molecule has 1 aromatic heterocycles. The molecule has 2 atom stereocenters. The van der Waals surface area contributed by atoms with Gasteiger partial charge in [-0.2, -0.15) is 0 Å². The summed E-state index contributed by atoms with van der Waals surface area (Å²) in [6, 6.07) is 10.1. The van der Waals surface area contributed by atoms with Crippen molar-refractivity contribution in [3.05, 3.63) is 59.5 Å². The van der Waals surface area contributed by atoms with Gasteiger partial charge in [-0.15, -0.1) is 0 Å². The van der Waals surface area contributed by atoms with Gasteiger partial charge in [0, 0.05) is 48.6 Å². The molecule has 1 saturated heterocycles. The highest BCUT2D eigenvalue weighted by Crippen LogP contribution is 2.15. The second kappa shape index (κ2) is 8.81. The molecule has 1 aliphatic heterocycles. The summed E-state index contributed by atoms with van der Waals surface area (Å²) >= 11 is 0. The first kappa shape index (κ1) is 19.1. The van der Waals surface area contributed by atoms with Crippen molar-refractivity contribution in [1.82, 2.24) is 15.2 Å². The van der Waals surface area contributed by atoms with Gasteiger partial charge < -0.3 is 19.7 Å². The predicted octanol–water partition coefficient (Wildman–Crippen LogP) is 3.12. The molecule has 144 valence electrons. The third-order valence-corrected chi connectivity index (χ3v) is 4.53. The SMILES string of the molecule is CC1CNCC(C)N1C(=O)OCc1ccc(OCc2ccccc2F)nc1. The van der Waals surface area contributed by atoms with Crippen LogP contribution in [0.25, 0.3) is 0 Å². The molecule has 0 saturated carbocycles. The van der Waals surface area contributed by atoms with Crippen molar-refractivity contribution in [2.24, 2.45) is 0 Å². The van der Waals surface area contributed by atoms with Crippen LogP contribution in [-0.2, 0) is 18.0 Å². The van der Waals surface area contributed by atoms with E-state index in [-0.39, 0.29) is 37.2 Å². The van der Waals surface area contributed by atoms with Crippen molar-refractivity contribution in [3.63, 3.8) is 0 Å². The van der Waals surface area contributed by atoms with E-state index >= 15 is 0 Å². The van der Waals surface area contributed by atoms with Crippen molar-refractivity contribution in [3.8, 4) is 5.88 Å². The second-order valence-electron chi connectivity index (χ2n) is 6.70. The lowest BCUT2D eigenvalue weighted by atomic mass is 10.1. The first-order chi connectivity index (χ1) is 13.0. The van der Waals surface area contributed by atoms with Crippen LogP contribution >= 0.6 is 0 Å². The zero-order valence-electron chi connectivity index (χ0n) is 15.5. The smallest absolute Gasteiger partial charge is 0.410 e. The van der Waals surface area contributed by atoms with Crippen LogP contribution in [0.1, 0.15) is 25.0 Å². The van der Waals surface area contributed by atoms with Crippen molar-refractivity contribution in [1.29, 1.82) is 0 Å². The van der Waals surface area contributed by atoms with Crippen LogP contribution in [0.3, 0.4) is 0 Å². The lowest BCUT2D eigenvalue weighted by Crippen LogP contribution is -2.57. The summed E-state index contributed by atoms with van der Waals surface area (Å²) in [7, 11) is 0. The summed E-state index contributed by atoms with van der Waals surface area (Å²) in [5.41, 5.74) is 1.23. The Morgan fingerprint density at radius 3 is 2.59 bits per heavy atom. The van der Waals surface area contributed by atoms with Gasteiger partial charge in [-0.05, 0) is 26.0 Å². The quantitative estimate of drug-likeness (QED) is 0.872. The molecule has 27 heavy (non-hydrogen) atoms. The fourth-order valence-electron chi connectivity index (χ4n) is 3.06. The van der Waals surface area contributed by atoms with E-state index in [1.807, 2.05) is 13.8 Å². The molecule has 1 aromatic carbocycles. The number of benzene rings is 1. The Kier molecular flexibility index (Phi) is 6.24. The molecule has 2 aromatic rings. The fraction of sp³-hybridized carbons (Fsp3) is 0.400. The van der Waals surface area contributed by atoms with E-state index < -0.39 is 0 Å². The molecule has 0 radical (unpaired) electrons. The average molecular weight is 373 g/mol. The highest BCUT2D eigenvalue weighted by atomic mass is 19.1. The van der Waals surface area contributed by atoms with Crippen molar-refractivity contribution >= 4 is 6.09 Å². The van der Waals surface area contributed by atoms with Crippen LogP contribution in [0, 0.1) is 5.82 Å². The number of aromatic nitrogens is 1. The maximum Gasteiger partial charge on any atom is 0.410 e. The first-order valence-electron chi connectivity index (χ1n) is 9.01. The summed E-state index contributed by atoms with van der Waals surface area (Å²) in [4.78, 5) is 18.3. The van der Waals surface area contributed by atoms with Gasteiger partial charge in [0.2, 0.25) is 5.88 Å². The number of hydrogen-bond donors (Lipinski definition) is 1. The number of ether oxygens (including phenoxy) is 2. The minimum atomic E-state index is -0.323. The number of nitrogens with zero attached hydrogens (tertiary/aromatic N) is 2. The number of halogens is 1. The lowest BCUT2D eigenvalue weighted by molar-refractivity contribution is 0.0563. The predicted molar refractivity (Wildman–Crippen MR) is 98.8 cm³/mol. The number of rotatable bonds is 5. The molecule has 0 spiro atoms. The Labute approximate surface area is 158 Å². The molecular weight excluding hydrogens is 349 g/mol. The molecule has 1 aliphatic rings. The van der Waals surface area contributed by atoms with Gasteiger partial charge >= 0.3 is 6.09 Å². The topological polar surface area (TPSA) is 63.7 Å². The van der Waals surface area contributed by atoms with Crippen LogP contribution in [0.5, 0.6) is 5.88 Å². The molecule has 1 N–H and O–H groups in total. The normalized spacial score (nSPS) is 19.6. The van der Waals surface area contributed by atoms with E-state index in [1.165, 1.54) is 6.07 Å². The first-order valence-corrected chi connectivity index (χ1v) is 9.01. The molecular formula is C20H24FN3O3. The molecule has 2 unspecified atom stereocenters. The van der Waals surface area contributed by atoms with Crippen LogP contribution in [0.15, 0.2) is 42.6 Å². The van der Waals surface area contributed by atoms with E-state index in [0.717, 1.165) is 18.7 Å². The highest BCUT2D eigenvalue weighted by Gasteiger charge is 2.29. The molecule has 0 bridgehead atoms. The number of nitrogens with one attached hydrogen (secondary N) is 1. The zero-order valence-corrected chi connectivity index (χ0v) is 15.5. The number of pyridine rings is 1. The molecule has 1 fully saturated rings. The molecule has 7 heteroatoms. The van der Waals surface area contributed by atoms with Gasteiger partial charge in [0.1, 0.15) is 19.0 Å². The Morgan fingerprint density at radius 2 is 1.93 bits per heavy atom. The van der Waals surface area contributed by atoms with Crippen LogP contribution < -0.4 is 10.1 Å².